The van der Waals surface area contributed by atoms with E-state index in [2.05, 4.69) is 15.3 Å². The number of thiazole rings is 1. The molecule has 1 aliphatic rings. The molecule has 0 aliphatic heterocycles. The van der Waals surface area contributed by atoms with Gasteiger partial charge in [0.05, 0.1) is 12.2 Å². The normalized spacial score (nSPS) is 15.1. The van der Waals surface area contributed by atoms with Crippen LogP contribution in [0.4, 0.5) is 0 Å². The molecule has 0 atom stereocenters. The topological polar surface area (TPSA) is 52.2 Å². The van der Waals surface area contributed by atoms with Gasteiger partial charge in [0, 0.05) is 35.5 Å². The first-order chi connectivity index (χ1) is 9.70. The lowest BCUT2D eigenvalue weighted by atomic mass is 10.3. The van der Waals surface area contributed by atoms with Gasteiger partial charge in [-0.2, -0.15) is 0 Å². The summed E-state index contributed by atoms with van der Waals surface area (Å²) in [7, 11) is 0. The zero-order valence-corrected chi connectivity index (χ0v) is 11.9. The molecule has 1 aliphatic carbocycles. The first-order valence-electron chi connectivity index (χ1n) is 6.70. The Balaban J connectivity index is 1.72. The van der Waals surface area contributed by atoms with Gasteiger partial charge in [-0.05, 0) is 19.8 Å². The zero-order chi connectivity index (χ0) is 13.7. The third-order valence-corrected chi connectivity index (χ3v) is 4.44. The van der Waals surface area contributed by atoms with Crippen molar-refractivity contribution in [1.82, 2.24) is 18.9 Å². The molecule has 20 heavy (non-hydrogen) atoms. The Morgan fingerprint density at radius 1 is 1.35 bits per heavy atom. The number of hydrogen-bond donors (Lipinski definition) is 0. The van der Waals surface area contributed by atoms with Crippen molar-refractivity contribution >= 4 is 17.1 Å². The summed E-state index contributed by atoms with van der Waals surface area (Å²) in [6, 6.07) is 1.55. The lowest BCUT2D eigenvalue weighted by molar-refractivity contribution is 0.793. The summed E-state index contributed by atoms with van der Waals surface area (Å²) < 4.78 is 3.55. The molecule has 4 rings (SSSR count). The van der Waals surface area contributed by atoms with Crippen molar-refractivity contribution in [2.45, 2.75) is 32.2 Å². The molecule has 5 nitrogen and oxygen atoms in total. The molecule has 0 amide bonds. The molecule has 6 heteroatoms. The maximum Gasteiger partial charge on any atom is 0.259 e. The van der Waals surface area contributed by atoms with Crippen molar-refractivity contribution < 1.29 is 0 Å². The number of hydrogen-bond acceptors (Lipinski definition) is 4. The number of aryl methyl sites for hydroxylation is 1. The van der Waals surface area contributed by atoms with Gasteiger partial charge in [0.2, 0.25) is 5.78 Å². The predicted octanol–water partition coefficient (Wildman–Crippen LogP) is 2.19. The highest BCUT2D eigenvalue weighted by Gasteiger charge is 2.26. The van der Waals surface area contributed by atoms with E-state index in [0.717, 1.165) is 10.7 Å². The highest BCUT2D eigenvalue weighted by atomic mass is 32.1. The van der Waals surface area contributed by atoms with E-state index < -0.39 is 0 Å². The van der Waals surface area contributed by atoms with Gasteiger partial charge in [-0.15, -0.1) is 11.3 Å². The lowest BCUT2D eigenvalue weighted by Crippen LogP contribution is -2.14. The van der Waals surface area contributed by atoms with Crippen molar-refractivity contribution in [3.8, 4) is 0 Å². The summed E-state index contributed by atoms with van der Waals surface area (Å²) in [5.41, 5.74) is 1.93. The highest BCUT2D eigenvalue weighted by Crippen LogP contribution is 2.40. The average molecular weight is 286 g/mol. The van der Waals surface area contributed by atoms with E-state index in [4.69, 9.17) is 0 Å². The average Bonchev–Trinajstić information content (AvgIpc) is 3.03. The fraction of sp³-hybridized carbons (Fsp3) is 0.357. The van der Waals surface area contributed by atoms with E-state index in [1.807, 2.05) is 17.7 Å². The van der Waals surface area contributed by atoms with Gasteiger partial charge in [-0.1, -0.05) is 0 Å². The second kappa shape index (κ2) is 4.28. The van der Waals surface area contributed by atoms with Crippen LogP contribution in [-0.2, 0) is 6.54 Å². The molecular formula is C14H14N4OS. The molecular weight excluding hydrogens is 272 g/mol. The maximum absolute atomic E-state index is 11.9. The molecule has 0 N–H and O–H groups in total. The van der Waals surface area contributed by atoms with Gasteiger partial charge in [0.1, 0.15) is 5.01 Å². The van der Waals surface area contributed by atoms with E-state index in [0.29, 0.717) is 18.2 Å². The largest absolute Gasteiger partial charge is 0.310 e. The molecule has 0 aromatic carbocycles. The van der Waals surface area contributed by atoms with Crippen LogP contribution in [-0.4, -0.2) is 18.9 Å². The third kappa shape index (κ3) is 1.96. The molecule has 1 saturated carbocycles. The quantitative estimate of drug-likeness (QED) is 0.741. The van der Waals surface area contributed by atoms with Crippen molar-refractivity contribution in [3.05, 3.63) is 50.6 Å². The smallest absolute Gasteiger partial charge is 0.259 e. The Morgan fingerprint density at radius 3 is 3.00 bits per heavy atom. The number of aromatic nitrogens is 4. The summed E-state index contributed by atoms with van der Waals surface area (Å²) in [4.78, 5) is 21.0. The van der Waals surface area contributed by atoms with Gasteiger partial charge >= 0.3 is 0 Å². The van der Waals surface area contributed by atoms with Crippen molar-refractivity contribution in [2.24, 2.45) is 0 Å². The van der Waals surface area contributed by atoms with Crippen LogP contribution in [0, 0.1) is 6.92 Å². The molecule has 3 aromatic heterocycles. The van der Waals surface area contributed by atoms with Crippen LogP contribution in [0.1, 0.15) is 35.2 Å². The van der Waals surface area contributed by atoms with Crippen LogP contribution in [0.2, 0.25) is 0 Å². The SMILES string of the molecule is Cc1cc(=O)n2ccn(Cc3nc(C4CC4)cs3)c2n1. The molecule has 0 spiro atoms. The molecule has 0 saturated heterocycles. The van der Waals surface area contributed by atoms with Crippen LogP contribution in [0.3, 0.4) is 0 Å². The molecule has 102 valence electrons. The van der Waals surface area contributed by atoms with Crippen LogP contribution >= 0.6 is 11.3 Å². The number of rotatable bonds is 3. The third-order valence-electron chi connectivity index (χ3n) is 3.58. The lowest BCUT2D eigenvalue weighted by Gasteiger charge is -2.02. The Kier molecular flexibility index (Phi) is 2.53. The van der Waals surface area contributed by atoms with Gasteiger partial charge in [0.25, 0.3) is 5.56 Å². The van der Waals surface area contributed by atoms with Gasteiger partial charge in [-0.25, -0.2) is 9.97 Å². The van der Waals surface area contributed by atoms with Crippen molar-refractivity contribution in [2.75, 3.05) is 0 Å². The first kappa shape index (κ1) is 11.8. The molecule has 1 fully saturated rings. The predicted molar refractivity (Wildman–Crippen MR) is 77.4 cm³/mol. The van der Waals surface area contributed by atoms with Crippen LogP contribution < -0.4 is 5.56 Å². The van der Waals surface area contributed by atoms with Gasteiger partial charge in [-0.3, -0.25) is 9.20 Å². The second-order valence-electron chi connectivity index (χ2n) is 5.27. The molecule has 3 heterocycles. The van der Waals surface area contributed by atoms with Crippen LogP contribution in [0.15, 0.2) is 28.6 Å². The Bertz CT molecular complexity index is 840. The summed E-state index contributed by atoms with van der Waals surface area (Å²) in [5.74, 6) is 1.36. The first-order valence-corrected chi connectivity index (χ1v) is 7.58. The molecule has 0 bridgehead atoms. The second-order valence-corrected chi connectivity index (χ2v) is 6.21. The fourth-order valence-corrected chi connectivity index (χ4v) is 3.25. The van der Waals surface area contributed by atoms with Crippen LogP contribution in [0.25, 0.3) is 5.78 Å². The van der Waals surface area contributed by atoms with Crippen molar-refractivity contribution in [3.63, 3.8) is 0 Å². The molecule has 0 unspecified atom stereocenters. The standard InChI is InChI=1S/C14H14N4OS/c1-9-6-13(19)18-5-4-17(14(18)15-9)7-12-16-11(8-20-12)10-2-3-10/h4-6,8,10H,2-3,7H2,1H3. The minimum Gasteiger partial charge on any atom is -0.310 e. The minimum atomic E-state index is -0.0379. The van der Waals surface area contributed by atoms with E-state index in [-0.39, 0.29) is 5.56 Å². The van der Waals surface area contributed by atoms with Gasteiger partial charge in [0.15, 0.2) is 0 Å². The number of nitrogens with zero attached hydrogens (tertiary/aromatic N) is 4. The number of imidazole rings is 1. The fourth-order valence-electron chi connectivity index (χ4n) is 2.38. The Morgan fingerprint density at radius 2 is 2.20 bits per heavy atom. The van der Waals surface area contributed by atoms with Crippen molar-refractivity contribution in [1.29, 1.82) is 0 Å². The van der Waals surface area contributed by atoms with Crippen LogP contribution in [0.5, 0.6) is 0 Å². The minimum absolute atomic E-state index is 0.0379. The highest BCUT2D eigenvalue weighted by molar-refractivity contribution is 7.09. The molecule has 3 aromatic rings. The van der Waals surface area contributed by atoms with E-state index in [1.165, 1.54) is 18.5 Å². The summed E-state index contributed by atoms with van der Waals surface area (Å²) in [6.45, 7) is 2.51. The molecule has 0 radical (unpaired) electrons. The zero-order valence-electron chi connectivity index (χ0n) is 11.1. The van der Waals surface area contributed by atoms with E-state index in [9.17, 15) is 4.79 Å². The number of fused-ring (bicyclic) bond motifs is 1. The van der Waals surface area contributed by atoms with Gasteiger partial charge < -0.3 is 4.57 Å². The van der Waals surface area contributed by atoms with E-state index >= 15 is 0 Å². The Labute approximate surface area is 119 Å². The van der Waals surface area contributed by atoms with E-state index in [1.54, 1.807) is 28.0 Å². The monoisotopic (exact) mass is 286 g/mol. The Hall–Kier alpha value is -1.95. The maximum atomic E-state index is 11.9. The summed E-state index contributed by atoms with van der Waals surface area (Å²) >= 11 is 1.69. The summed E-state index contributed by atoms with van der Waals surface area (Å²) in [5, 5.41) is 3.23. The summed E-state index contributed by atoms with van der Waals surface area (Å²) in [6.07, 6.45) is 6.19.